The van der Waals surface area contributed by atoms with Gasteiger partial charge in [-0.3, -0.25) is 10.2 Å². The van der Waals surface area contributed by atoms with Crippen LogP contribution in [0.2, 0.25) is 0 Å². The lowest BCUT2D eigenvalue weighted by Crippen LogP contribution is -2.30. The van der Waals surface area contributed by atoms with Gasteiger partial charge in [-0.2, -0.15) is 0 Å². The van der Waals surface area contributed by atoms with Crippen molar-refractivity contribution >= 4 is 11.6 Å². The largest absolute Gasteiger partial charge is 0.504 e. The molecule has 1 aliphatic rings. The number of aryl methyl sites for hydroxylation is 1. The zero-order valence-corrected chi connectivity index (χ0v) is 16.4. The van der Waals surface area contributed by atoms with E-state index >= 15 is 0 Å². The summed E-state index contributed by atoms with van der Waals surface area (Å²) in [5.74, 6) is 0.474. The molecule has 0 atom stereocenters. The number of methoxy groups -OCH3 is 1. The van der Waals surface area contributed by atoms with Crippen LogP contribution in [0.1, 0.15) is 53.6 Å². The van der Waals surface area contributed by atoms with Crippen molar-refractivity contribution in [3.8, 4) is 11.5 Å². The smallest absolute Gasteiger partial charge is 0.182 e. The zero-order valence-electron chi connectivity index (χ0n) is 16.4. The van der Waals surface area contributed by atoms with Crippen molar-refractivity contribution < 1.29 is 14.6 Å². The van der Waals surface area contributed by atoms with Gasteiger partial charge in [0.2, 0.25) is 0 Å². The summed E-state index contributed by atoms with van der Waals surface area (Å²) >= 11 is 0. The molecule has 0 unspecified atom stereocenters. The van der Waals surface area contributed by atoms with E-state index in [0.717, 1.165) is 11.3 Å². The van der Waals surface area contributed by atoms with Gasteiger partial charge in [0.1, 0.15) is 11.5 Å². The second-order valence-corrected chi connectivity index (χ2v) is 7.91. The van der Waals surface area contributed by atoms with Gasteiger partial charge in [-0.25, -0.2) is 4.98 Å². The number of benzene rings is 1. The zero-order chi connectivity index (χ0) is 19.9. The Morgan fingerprint density at radius 2 is 2.04 bits per heavy atom. The van der Waals surface area contributed by atoms with Crippen LogP contribution in [0.5, 0.6) is 11.5 Å². The van der Waals surface area contributed by atoms with E-state index < -0.39 is 0 Å². The van der Waals surface area contributed by atoms with Gasteiger partial charge in [0.25, 0.3) is 0 Å². The molecular formula is C21H25N3O3. The number of ether oxygens (including phenoxy) is 1. The SMILES string of the molecule is COc1cc(C(=O)CN2Cc3ccc(C)nc3C2=N)cc(C(C)(C)C)c1O. The maximum Gasteiger partial charge on any atom is 0.182 e. The molecule has 1 aromatic heterocycles. The molecule has 3 rings (SSSR count). The molecule has 2 heterocycles. The number of rotatable bonds is 4. The fourth-order valence-corrected chi connectivity index (χ4v) is 3.25. The standard InChI is InChI=1S/C21H25N3O3/c1-12-6-7-13-10-24(20(22)18(13)23-12)11-16(25)14-8-15(21(2,3)4)19(26)17(9-14)27-5/h6-9,22,26H,10-11H2,1-5H3. The van der Waals surface area contributed by atoms with Crippen molar-refractivity contribution in [2.24, 2.45) is 0 Å². The van der Waals surface area contributed by atoms with Gasteiger partial charge in [-0.15, -0.1) is 0 Å². The highest BCUT2D eigenvalue weighted by molar-refractivity contribution is 6.04. The van der Waals surface area contributed by atoms with Gasteiger partial charge < -0.3 is 14.7 Å². The Balaban J connectivity index is 1.88. The average Bonchev–Trinajstić information content (AvgIpc) is 2.89. The van der Waals surface area contributed by atoms with E-state index in [1.807, 2.05) is 39.8 Å². The summed E-state index contributed by atoms with van der Waals surface area (Å²) in [7, 11) is 1.47. The lowest BCUT2D eigenvalue weighted by molar-refractivity contribution is 0.0962. The maximum absolute atomic E-state index is 12.9. The van der Waals surface area contributed by atoms with E-state index in [0.29, 0.717) is 23.4 Å². The Bertz CT molecular complexity index is 929. The molecule has 0 saturated carbocycles. The number of Topliss-reactive ketones (excluding diaryl/α,β-unsaturated/α-hetero) is 1. The number of pyridine rings is 1. The lowest BCUT2D eigenvalue weighted by atomic mass is 9.84. The number of aromatic hydroxyl groups is 1. The first-order valence-corrected chi connectivity index (χ1v) is 8.87. The third kappa shape index (κ3) is 3.52. The fraction of sp³-hybridized carbons (Fsp3) is 0.381. The van der Waals surface area contributed by atoms with Crippen LogP contribution in [0.3, 0.4) is 0 Å². The van der Waals surface area contributed by atoms with Gasteiger partial charge >= 0.3 is 0 Å². The van der Waals surface area contributed by atoms with Crippen molar-refractivity contribution in [3.63, 3.8) is 0 Å². The number of fused-ring (bicyclic) bond motifs is 1. The minimum atomic E-state index is -0.342. The predicted molar refractivity (Wildman–Crippen MR) is 104 cm³/mol. The highest BCUT2D eigenvalue weighted by atomic mass is 16.5. The molecule has 1 aliphatic heterocycles. The first-order valence-electron chi connectivity index (χ1n) is 8.87. The van der Waals surface area contributed by atoms with Crippen molar-refractivity contribution in [2.75, 3.05) is 13.7 Å². The molecule has 1 aromatic carbocycles. The van der Waals surface area contributed by atoms with Crippen LogP contribution in [0.4, 0.5) is 0 Å². The van der Waals surface area contributed by atoms with Crippen molar-refractivity contribution in [3.05, 3.63) is 52.3 Å². The first kappa shape index (κ1) is 18.9. The second-order valence-electron chi connectivity index (χ2n) is 7.91. The second kappa shape index (κ2) is 6.68. The van der Waals surface area contributed by atoms with Crippen LogP contribution >= 0.6 is 0 Å². The quantitative estimate of drug-likeness (QED) is 0.809. The molecule has 0 radical (unpaired) electrons. The number of carbonyl (C=O) groups is 1. The van der Waals surface area contributed by atoms with Crippen LogP contribution in [0.25, 0.3) is 0 Å². The Kier molecular flexibility index (Phi) is 4.68. The number of aromatic nitrogens is 1. The third-order valence-corrected chi connectivity index (χ3v) is 4.78. The van der Waals surface area contributed by atoms with Crippen LogP contribution in [-0.2, 0) is 12.0 Å². The van der Waals surface area contributed by atoms with E-state index in [9.17, 15) is 9.90 Å². The minimum Gasteiger partial charge on any atom is -0.504 e. The van der Waals surface area contributed by atoms with Gasteiger partial charge in [-0.1, -0.05) is 26.8 Å². The molecule has 27 heavy (non-hydrogen) atoms. The summed E-state index contributed by atoms with van der Waals surface area (Å²) in [6, 6.07) is 7.15. The predicted octanol–water partition coefficient (Wildman–Crippen LogP) is 3.43. The molecule has 0 fully saturated rings. The highest BCUT2D eigenvalue weighted by Gasteiger charge is 2.29. The number of carbonyl (C=O) groups excluding carboxylic acids is 1. The number of phenols is 1. The maximum atomic E-state index is 12.9. The molecule has 6 nitrogen and oxygen atoms in total. The van der Waals surface area contributed by atoms with Crippen molar-refractivity contribution in [1.82, 2.24) is 9.88 Å². The number of amidine groups is 1. The summed E-state index contributed by atoms with van der Waals surface area (Å²) in [6.45, 7) is 8.36. The van der Waals surface area contributed by atoms with Crippen LogP contribution in [0.15, 0.2) is 24.3 Å². The fourth-order valence-electron chi connectivity index (χ4n) is 3.25. The molecule has 0 aliphatic carbocycles. The number of hydrogen-bond acceptors (Lipinski definition) is 5. The molecule has 0 bridgehead atoms. The van der Waals surface area contributed by atoms with E-state index in [1.54, 1.807) is 17.0 Å². The van der Waals surface area contributed by atoms with Crippen molar-refractivity contribution in [2.45, 2.75) is 39.7 Å². The average molecular weight is 367 g/mol. The Hall–Kier alpha value is -2.89. The first-order chi connectivity index (χ1) is 12.6. The molecule has 2 aromatic rings. The number of ketones is 1. The lowest BCUT2D eigenvalue weighted by Gasteiger charge is -2.23. The van der Waals surface area contributed by atoms with Gasteiger partial charge in [0.15, 0.2) is 17.3 Å². The van der Waals surface area contributed by atoms with Gasteiger partial charge in [0.05, 0.1) is 13.7 Å². The summed E-state index contributed by atoms with van der Waals surface area (Å²) in [4.78, 5) is 19.1. The van der Waals surface area contributed by atoms with Crippen molar-refractivity contribution in [1.29, 1.82) is 5.41 Å². The molecule has 6 heteroatoms. The summed E-state index contributed by atoms with van der Waals surface area (Å²) < 4.78 is 5.26. The minimum absolute atomic E-state index is 0.0579. The molecule has 0 saturated heterocycles. The third-order valence-electron chi connectivity index (χ3n) is 4.78. The van der Waals surface area contributed by atoms with E-state index in [4.69, 9.17) is 10.1 Å². The van der Waals surface area contributed by atoms with Crippen LogP contribution in [0, 0.1) is 12.3 Å². The number of nitrogens with zero attached hydrogens (tertiary/aromatic N) is 2. The van der Waals surface area contributed by atoms with Gasteiger partial charge in [-0.05, 0) is 30.5 Å². The normalized spacial score (nSPS) is 13.7. The number of hydrogen-bond donors (Lipinski definition) is 2. The van der Waals surface area contributed by atoms with E-state index in [-0.39, 0.29) is 35.1 Å². The van der Waals surface area contributed by atoms with Gasteiger partial charge in [0, 0.05) is 28.9 Å². The topological polar surface area (TPSA) is 86.5 Å². The molecule has 2 N–H and O–H groups in total. The molecule has 142 valence electrons. The molecule has 0 amide bonds. The Labute approximate surface area is 159 Å². The molecular weight excluding hydrogens is 342 g/mol. The highest BCUT2D eigenvalue weighted by Crippen LogP contribution is 2.38. The Morgan fingerprint density at radius 1 is 1.33 bits per heavy atom. The Morgan fingerprint density at radius 3 is 2.67 bits per heavy atom. The van der Waals surface area contributed by atoms with Crippen LogP contribution < -0.4 is 4.74 Å². The summed E-state index contributed by atoms with van der Waals surface area (Å²) in [6.07, 6.45) is 0. The summed E-state index contributed by atoms with van der Waals surface area (Å²) in [5, 5.41) is 18.8. The summed E-state index contributed by atoms with van der Waals surface area (Å²) in [5.41, 5.74) is 3.22. The van der Waals surface area contributed by atoms with E-state index in [1.165, 1.54) is 7.11 Å². The monoisotopic (exact) mass is 367 g/mol. The number of phenolic OH excluding ortho intramolecular Hbond substituents is 1. The van der Waals surface area contributed by atoms with Crippen LogP contribution in [-0.4, -0.2) is 40.3 Å². The van der Waals surface area contributed by atoms with E-state index in [2.05, 4.69) is 4.98 Å². The molecule has 0 spiro atoms. The number of nitrogens with one attached hydrogen (secondary N) is 1.